The van der Waals surface area contributed by atoms with Crippen molar-refractivity contribution >= 4 is 11.6 Å². The standard InChI is InChI=1S/C13H7ClF2N4O2/c14-7-5-18-13(19-6-7)21-9-2-1-3-17-11(9)8-4-10(12(15)16)22-20-8/h1-6,12H. The summed E-state index contributed by atoms with van der Waals surface area (Å²) in [5, 5.41) is 3.92. The monoisotopic (exact) mass is 324 g/mol. The largest absolute Gasteiger partial charge is 0.422 e. The number of aromatic nitrogens is 4. The van der Waals surface area contributed by atoms with Gasteiger partial charge in [0.1, 0.15) is 11.4 Å². The van der Waals surface area contributed by atoms with Crippen LogP contribution in [-0.4, -0.2) is 20.1 Å². The predicted octanol–water partition coefficient (Wildman–Crippen LogP) is 3.91. The number of pyridine rings is 1. The summed E-state index contributed by atoms with van der Waals surface area (Å²) in [5.41, 5.74) is 0.358. The van der Waals surface area contributed by atoms with E-state index in [0.29, 0.717) is 5.02 Å². The van der Waals surface area contributed by atoms with E-state index in [4.69, 9.17) is 16.3 Å². The van der Waals surface area contributed by atoms with Crippen molar-refractivity contribution in [1.82, 2.24) is 20.1 Å². The molecular formula is C13H7ClF2N4O2. The van der Waals surface area contributed by atoms with E-state index in [1.54, 1.807) is 12.1 Å². The van der Waals surface area contributed by atoms with Crippen molar-refractivity contribution in [3.8, 4) is 23.1 Å². The van der Waals surface area contributed by atoms with Gasteiger partial charge >= 0.3 is 6.01 Å². The van der Waals surface area contributed by atoms with Gasteiger partial charge in [0.25, 0.3) is 6.43 Å². The highest BCUT2D eigenvalue weighted by atomic mass is 35.5. The molecule has 0 aliphatic rings. The Morgan fingerprint density at radius 1 is 1.18 bits per heavy atom. The van der Waals surface area contributed by atoms with E-state index in [2.05, 4.69) is 24.6 Å². The molecule has 3 rings (SSSR count). The Morgan fingerprint density at radius 2 is 1.95 bits per heavy atom. The van der Waals surface area contributed by atoms with Gasteiger partial charge in [-0.1, -0.05) is 16.8 Å². The molecule has 0 amide bonds. The summed E-state index contributed by atoms with van der Waals surface area (Å²) >= 11 is 5.69. The van der Waals surface area contributed by atoms with Crippen LogP contribution in [0.4, 0.5) is 8.78 Å². The molecule has 0 N–H and O–H groups in total. The van der Waals surface area contributed by atoms with Crippen LogP contribution >= 0.6 is 11.6 Å². The van der Waals surface area contributed by atoms with Gasteiger partial charge in [0, 0.05) is 12.3 Å². The van der Waals surface area contributed by atoms with Crippen LogP contribution in [0.3, 0.4) is 0 Å². The van der Waals surface area contributed by atoms with E-state index in [9.17, 15) is 8.78 Å². The lowest BCUT2D eigenvalue weighted by Gasteiger charge is -2.06. The van der Waals surface area contributed by atoms with E-state index >= 15 is 0 Å². The molecule has 6 nitrogen and oxygen atoms in total. The summed E-state index contributed by atoms with van der Waals surface area (Å²) in [6.45, 7) is 0. The van der Waals surface area contributed by atoms with Crippen LogP contribution in [0, 0.1) is 0 Å². The minimum absolute atomic E-state index is 0.0382. The number of rotatable bonds is 4. The fraction of sp³-hybridized carbons (Fsp3) is 0.0769. The highest BCUT2D eigenvalue weighted by Gasteiger charge is 2.18. The van der Waals surface area contributed by atoms with E-state index in [1.165, 1.54) is 18.6 Å². The maximum atomic E-state index is 12.6. The summed E-state index contributed by atoms with van der Waals surface area (Å²) in [4.78, 5) is 11.8. The second-order valence-electron chi connectivity index (χ2n) is 4.05. The fourth-order valence-electron chi connectivity index (χ4n) is 1.62. The van der Waals surface area contributed by atoms with Crippen LogP contribution < -0.4 is 4.74 Å². The van der Waals surface area contributed by atoms with Crippen molar-refractivity contribution in [3.05, 3.63) is 47.6 Å². The number of nitrogens with zero attached hydrogens (tertiary/aromatic N) is 4. The third-order valence-corrected chi connectivity index (χ3v) is 2.75. The summed E-state index contributed by atoms with van der Waals surface area (Å²) in [7, 11) is 0. The Kier molecular flexibility index (Phi) is 3.92. The maximum Gasteiger partial charge on any atom is 0.322 e. The van der Waals surface area contributed by atoms with Gasteiger partial charge in [0.05, 0.1) is 17.4 Å². The second kappa shape index (κ2) is 6.02. The topological polar surface area (TPSA) is 73.9 Å². The number of alkyl halides is 2. The third kappa shape index (κ3) is 3.01. The van der Waals surface area contributed by atoms with Gasteiger partial charge in [0.15, 0.2) is 5.75 Å². The Balaban J connectivity index is 1.93. The van der Waals surface area contributed by atoms with Crippen LogP contribution in [-0.2, 0) is 0 Å². The molecule has 3 aromatic rings. The zero-order valence-corrected chi connectivity index (χ0v) is 11.5. The first-order valence-corrected chi connectivity index (χ1v) is 6.37. The Morgan fingerprint density at radius 3 is 2.64 bits per heavy atom. The summed E-state index contributed by atoms with van der Waals surface area (Å²) < 4.78 is 35.2. The Hall–Kier alpha value is -2.61. The molecule has 0 saturated carbocycles. The lowest BCUT2D eigenvalue weighted by atomic mass is 10.2. The van der Waals surface area contributed by atoms with E-state index in [0.717, 1.165) is 6.07 Å². The average Bonchev–Trinajstić information content (AvgIpc) is 3.00. The van der Waals surface area contributed by atoms with Gasteiger partial charge in [-0.3, -0.25) is 4.98 Å². The van der Waals surface area contributed by atoms with Crippen molar-refractivity contribution in [2.45, 2.75) is 6.43 Å². The second-order valence-corrected chi connectivity index (χ2v) is 4.49. The Bertz CT molecular complexity index is 780. The molecule has 0 fully saturated rings. The molecule has 22 heavy (non-hydrogen) atoms. The summed E-state index contributed by atoms with van der Waals surface area (Å²) in [5.74, 6) is -0.298. The van der Waals surface area contributed by atoms with Crippen LogP contribution in [0.5, 0.6) is 11.8 Å². The molecule has 3 heterocycles. The summed E-state index contributed by atoms with van der Waals surface area (Å²) in [6.07, 6.45) is 1.45. The van der Waals surface area contributed by atoms with E-state index < -0.39 is 12.2 Å². The smallest absolute Gasteiger partial charge is 0.322 e. The van der Waals surface area contributed by atoms with Crippen LogP contribution in [0.2, 0.25) is 5.02 Å². The number of halogens is 3. The molecule has 0 atom stereocenters. The first-order valence-electron chi connectivity index (χ1n) is 5.99. The molecule has 0 saturated heterocycles. The minimum Gasteiger partial charge on any atom is -0.422 e. The molecule has 0 radical (unpaired) electrons. The molecule has 0 aromatic carbocycles. The van der Waals surface area contributed by atoms with E-state index in [1.807, 2.05) is 0 Å². The summed E-state index contributed by atoms with van der Waals surface area (Å²) in [6, 6.07) is 4.33. The number of hydrogen-bond acceptors (Lipinski definition) is 6. The van der Waals surface area contributed by atoms with Crippen LogP contribution in [0.1, 0.15) is 12.2 Å². The molecule has 0 aliphatic heterocycles. The molecule has 0 unspecified atom stereocenters. The first-order chi connectivity index (χ1) is 10.6. The molecule has 0 bridgehead atoms. The lowest BCUT2D eigenvalue weighted by Crippen LogP contribution is -1.94. The van der Waals surface area contributed by atoms with Gasteiger partial charge in [-0.15, -0.1) is 0 Å². The van der Waals surface area contributed by atoms with E-state index in [-0.39, 0.29) is 23.1 Å². The van der Waals surface area contributed by atoms with Crippen molar-refractivity contribution in [2.75, 3.05) is 0 Å². The third-order valence-electron chi connectivity index (χ3n) is 2.55. The quantitative estimate of drug-likeness (QED) is 0.724. The van der Waals surface area contributed by atoms with Crippen molar-refractivity contribution < 1.29 is 18.0 Å². The highest BCUT2D eigenvalue weighted by Crippen LogP contribution is 2.31. The van der Waals surface area contributed by atoms with Crippen molar-refractivity contribution in [2.24, 2.45) is 0 Å². The SMILES string of the molecule is FC(F)c1cc(-c2ncccc2Oc2ncc(Cl)cn2)no1. The highest BCUT2D eigenvalue weighted by molar-refractivity contribution is 6.30. The molecular weight excluding hydrogens is 318 g/mol. The van der Waals surface area contributed by atoms with Crippen LogP contribution in [0.15, 0.2) is 41.3 Å². The number of hydrogen-bond donors (Lipinski definition) is 0. The minimum atomic E-state index is -2.76. The van der Waals surface area contributed by atoms with Crippen LogP contribution in [0.25, 0.3) is 11.4 Å². The average molecular weight is 325 g/mol. The maximum absolute atomic E-state index is 12.6. The van der Waals surface area contributed by atoms with Crippen molar-refractivity contribution in [1.29, 1.82) is 0 Å². The molecule has 0 spiro atoms. The Labute approximate surface area is 127 Å². The van der Waals surface area contributed by atoms with Gasteiger partial charge in [-0.05, 0) is 12.1 Å². The van der Waals surface area contributed by atoms with Gasteiger partial charge in [0.2, 0.25) is 5.76 Å². The zero-order valence-electron chi connectivity index (χ0n) is 10.8. The zero-order chi connectivity index (χ0) is 15.5. The normalized spacial score (nSPS) is 10.9. The first kappa shape index (κ1) is 14.3. The molecule has 3 aromatic heterocycles. The molecule has 112 valence electrons. The fourth-order valence-corrected chi connectivity index (χ4v) is 1.72. The van der Waals surface area contributed by atoms with Gasteiger partial charge in [-0.2, -0.15) is 0 Å². The molecule has 9 heteroatoms. The predicted molar refractivity (Wildman–Crippen MR) is 71.8 cm³/mol. The lowest BCUT2D eigenvalue weighted by molar-refractivity contribution is 0.112. The molecule has 0 aliphatic carbocycles. The number of ether oxygens (including phenoxy) is 1. The van der Waals surface area contributed by atoms with Crippen molar-refractivity contribution in [3.63, 3.8) is 0 Å². The van der Waals surface area contributed by atoms with Gasteiger partial charge in [-0.25, -0.2) is 18.7 Å². The van der Waals surface area contributed by atoms with Gasteiger partial charge < -0.3 is 9.26 Å².